The lowest BCUT2D eigenvalue weighted by atomic mass is 9.79. The van der Waals surface area contributed by atoms with E-state index >= 15 is 0 Å². The maximum absolute atomic E-state index is 11.7. The number of aliphatic hydroxyl groups is 4. The van der Waals surface area contributed by atoms with E-state index in [0.717, 1.165) is 0 Å². The Bertz CT molecular complexity index is 501. The molecule has 12 heteroatoms. The Hall–Kier alpha value is -1.67. The van der Waals surface area contributed by atoms with E-state index in [1.165, 1.54) is 6.92 Å². The van der Waals surface area contributed by atoms with Crippen molar-refractivity contribution in [2.24, 2.45) is 0 Å². The van der Waals surface area contributed by atoms with E-state index in [-0.39, 0.29) is 18.8 Å². The van der Waals surface area contributed by atoms with Gasteiger partial charge >= 0.3 is 11.9 Å². The molecule has 1 rings (SSSR count). The van der Waals surface area contributed by atoms with Crippen LogP contribution in [0.3, 0.4) is 0 Å². The zero-order chi connectivity index (χ0) is 20.7. The molecule has 1 aliphatic carbocycles. The molecule has 0 aliphatic heterocycles. The minimum Gasteiger partial charge on any atom is -0.480 e. The molecular formula is C15H27N3O9. The molecule has 0 aromatic rings. The van der Waals surface area contributed by atoms with Crippen LogP contribution in [-0.2, 0) is 14.4 Å². The van der Waals surface area contributed by atoms with Crippen molar-refractivity contribution in [1.29, 1.82) is 0 Å². The number of nitrogens with one attached hydrogen (secondary N) is 3. The molecular weight excluding hydrogens is 366 g/mol. The molecule has 1 fully saturated rings. The second-order valence-corrected chi connectivity index (χ2v) is 6.44. The third kappa shape index (κ3) is 6.46. The number of ketones is 1. The van der Waals surface area contributed by atoms with Crippen LogP contribution in [0.2, 0.25) is 0 Å². The van der Waals surface area contributed by atoms with Crippen molar-refractivity contribution in [3.63, 3.8) is 0 Å². The number of rotatable bonds is 11. The highest BCUT2D eigenvalue weighted by molar-refractivity contribution is 5.81. The van der Waals surface area contributed by atoms with E-state index in [9.17, 15) is 29.7 Å². The molecule has 0 heterocycles. The number of Topliss-reactive ketones (excluding diaryl/α,β-unsaturated/α-hetero) is 1. The molecule has 9 N–H and O–H groups in total. The third-order valence-electron chi connectivity index (χ3n) is 4.49. The lowest BCUT2D eigenvalue weighted by Gasteiger charge is -2.47. The fraction of sp³-hybridized carbons (Fsp3) is 0.800. The Kier molecular flexibility index (Phi) is 9.18. The topological polar surface area (TPSA) is 209 Å². The lowest BCUT2D eigenvalue weighted by Crippen LogP contribution is -2.75. The van der Waals surface area contributed by atoms with Gasteiger partial charge in [-0.05, 0) is 13.3 Å². The van der Waals surface area contributed by atoms with Crippen molar-refractivity contribution in [2.75, 3.05) is 19.7 Å². The van der Waals surface area contributed by atoms with Gasteiger partial charge in [0.15, 0.2) is 0 Å². The number of aliphatic hydroxyl groups excluding tert-OH is 4. The van der Waals surface area contributed by atoms with Gasteiger partial charge in [-0.25, -0.2) is 0 Å². The summed E-state index contributed by atoms with van der Waals surface area (Å²) in [6.45, 7) is -0.274. The van der Waals surface area contributed by atoms with Crippen LogP contribution in [0.25, 0.3) is 0 Å². The highest BCUT2D eigenvalue weighted by atomic mass is 16.4. The summed E-state index contributed by atoms with van der Waals surface area (Å²) in [5.74, 6) is -2.86. The van der Waals surface area contributed by atoms with Crippen LogP contribution in [0.1, 0.15) is 13.3 Å². The first-order valence-electron chi connectivity index (χ1n) is 8.42. The number of carboxylic acid groups (broad SMARTS) is 2. The molecule has 0 aromatic carbocycles. The number of aliphatic carboxylic acids is 2. The summed E-state index contributed by atoms with van der Waals surface area (Å²) in [5.41, 5.74) is 0. The van der Waals surface area contributed by atoms with Crippen LogP contribution in [-0.4, -0.2) is 111 Å². The van der Waals surface area contributed by atoms with Gasteiger partial charge < -0.3 is 30.6 Å². The second-order valence-electron chi connectivity index (χ2n) is 6.44. The summed E-state index contributed by atoms with van der Waals surface area (Å²) >= 11 is 0. The molecule has 1 saturated carbocycles. The van der Waals surface area contributed by atoms with Crippen molar-refractivity contribution in [2.45, 2.75) is 55.8 Å². The maximum atomic E-state index is 11.7. The average molecular weight is 393 g/mol. The van der Waals surface area contributed by atoms with Gasteiger partial charge in [-0.3, -0.25) is 30.3 Å². The fourth-order valence-electron chi connectivity index (χ4n) is 3.13. The lowest BCUT2D eigenvalue weighted by molar-refractivity contribution is -0.138. The van der Waals surface area contributed by atoms with Gasteiger partial charge in [0.25, 0.3) is 0 Å². The van der Waals surface area contributed by atoms with Gasteiger partial charge in [0.2, 0.25) is 0 Å². The van der Waals surface area contributed by atoms with Crippen LogP contribution >= 0.6 is 0 Å². The number of hydrogen-bond acceptors (Lipinski definition) is 10. The van der Waals surface area contributed by atoms with E-state index in [2.05, 4.69) is 16.0 Å². The molecule has 1 aliphatic rings. The maximum Gasteiger partial charge on any atom is 0.317 e. The monoisotopic (exact) mass is 393 g/mol. The van der Waals surface area contributed by atoms with Crippen molar-refractivity contribution < 1.29 is 45.0 Å². The molecule has 0 saturated heterocycles. The van der Waals surface area contributed by atoms with Gasteiger partial charge in [-0.2, -0.15) is 0 Å². The number of carbonyl (C=O) groups is 3. The number of carboxylic acids is 2. The average Bonchev–Trinajstić information content (AvgIpc) is 2.56. The van der Waals surface area contributed by atoms with Gasteiger partial charge in [0.05, 0.1) is 55.6 Å². The van der Waals surface area contributed by atoms with Gasteiger partial charge in [0.1, 0.15) is 5.78 Å². The normalized spacial score (nSPS) is 32.0. The minimum atomic E-state index is -1.51. The van der Waals surface area contributed by atoms with E-state index < -0.39 is 67.5 Å². The Morgan fingerprint density at radius 3 is 1.59 bits per heavy atom. The smallest absolute Gasteiger partial charge is 0.317 e. The number of carbonyl (C=O) groups excluding carboxylic acids is 1. The molecule has 156 valence electrons. The zero-order valence-electron chi connectivity index (χ0n) is 14.8. The summed E-state index contributed by atoms with van der Waals surface area (Å²) in [5, 5.41) is 65.7. The molecule has 0 radical (unpaired) electrons. The van der Waals surface area contributed by atoms with E-state index in [1.54, 1.807) is 0 Å². The fourth-order valence-corrected chi connectivity index (χ4v) is 3.13. The molecule has 0 bridgehead atoms. The predicted molar refractivity (Wildman–Crippen MR) is 90.0 cm³/mol. The second kappa shape index (κ2) is 10.6. The zero-order valence-corrected chi connectivity index (χ0v) is 14.8. The van der Waals surface area contributed by atoms with Crippen LogP contribution in [0.4, 0.5) is 0 Å². The summed E-state index contributed by atoms with van der Waals surface area (Å²) in [4.78, 5) is 33.3. The van der Waals surface area contributed by atoms with E-state index in [1.807, 2.05) is 0 Å². The molecule has 0 spiro atoms. The first kappa shape index (κ1) is 23.4. The predicted octanol–water partition coefficient (Wildman–Crippen LogP) is -4.53. The molecule has 0 aromatic heterocycles. The van der Waals surface area contributed by atoms with Crippen molar-refractivity contribution in [1.82, 2.24) is 16.0 Å². The van der Waals surface area contributed by atoms with Gasteiger partial charge in [-0.1, -0.05) is 0 Å². The number of hydrogen-bond donors (Lipinski definition) is 9. The molecule has 12 nitrogen and oxygen atoms in total. The quantitative estimate of drug-likeness (QED) is 0.163. The SMILES string of the molecule is CC(=O)C(CCO)NC1C(O)C(NCC(=O)O)C(O)C(NCC(=O)O)C1O. The largest absolute Gasteiger partial charge is 0.480 e. The van der Waals surface area contributed by atoms with Crippen LogP contribution in [0.15, 0.2) is 0 Å². The summed E-state index contributed by atoms with van der Waals surface area (Å²) < 4.78 is 0. The Balaban J connectivity index is 3.07. The Labute approximate surface area is 155 Å². The standard InChI is InChI=1S/C15H27N3O9/c1-6(20)7(2-3-19)18-12-14(26)10(16-4-8(21)22)13(25)11(15(12)27)17-5-9(23)24/h7,10-19,25-27H,2-5H2,1H3,(H,21,22)(H,23,24). The summed E-state index contributed by atoms with van der Waals surface area (Å²) in [6, 6.07) is -4.56. The first-order valence-corrected chi connectivity index (χ1v) is 8.42. The van der Waals surface area contributed by atoms with E-state index in [0.29, 0.717) is 0 Å². The summed E-state index contributed by atoms with van der Waals surface area (Å²) in [7, 11) is 0. The van der Waals surface area contributed by atoms with E-state index in [4.69, 9.17) is 15.3 Å². The highest BCUT2D eigenvalue weighted by Gasteiger charge is 2.49. The highest BCUT2D eigenvalue weighted by Crippen LogP contribution is 2.23. The third-order valence-corrected chi connectivity index (χ3v) is 4.49. The van der Waals surface area contributed by atoms with Crippen molar-refractivity contribution in [3.8, 4) is 0 Å². The van der Waals surface area contributed by atoms with Crippen molar-refractivity contribution >= 4 is 17.7 Å². The summed E-state index contributed by atoms with van der Waals surface area (Å²) in [6.07, 6.45) is -4.51. The molecule has 27 heavy (non-hydrogen) atoms. The molecule has 0 amide bonds. The minimum absolute atomic E-state index is 0.00820. The van der Waals surface area contributed by atoms with Crippen molar-refractivity contribution in [3.05, 3.63) is 0 Å². The van der Waals surface area contributed by atoms with Crippen LogP contribution in [0.5, 0.6) is 0 Å². The molecule has 5 atom stereocenters. The first-order chi connectivity index (χ1) is 12.6. The van der Waals surface area contributed by atoms with Gasteiger partial charge in [0, 0.05) is 6.61 Å². The van der Waals surface area contributed by atoms with Gasteiger partial charge in [-0.15, -0.1) is 0 Å². The Morgan fingerprint density at radius 2 is 1.26 bits per heavy atom. The molecule has 5 unspecified atom stereocenters. The van der Waals surface area contributed by atoms with Crippen LogP contribution < -0.4 is 16.0 Å². The Morgan fingerprint density at radius 1 is 0.852 bits per heavy atom. The van der Waals surface area contributed by atoms with Crippen LogP contribution in [0, 0.1) is 0 Å².